The number of rotatable bonds is 5. The minimum atomic E-state index is -1.81. The van der Waals surface area contributed by atoms with Crippen LogP contribution < -0.4 is 0 Å². The van der Waals surface area contributed by atoms with Gasteiger partial charge in [-0.1, -0.05) is 6.58 Å². The number of hydrogen-bond acceptors (Lipinski definition) is 11. The van der Waals surface area contributed by atoms with E-state index in [1.807, 2.05) is 0 Å². The van der Waals surface area contributed by atoms with Crippen molar-refractivity contribution in [1.82, 2.24) is 0 Å². The minimum Gasteiger partial charge on any atom is -0.468 e. The van der Waals surface area contributed by atoms with Gasteiger partial charge >= 0.3 is 29.8 Å². The minimum absolute atomic E-state index is 0.127. The standard InChI is InChI=1S/C22H28O11/c1-10-14(26)6-15-21(8-31-19(27)18(10)21)16(32-12(3)24)7-17(33-13(4)25)22(15,20(28)29-5)9-30-11(2)23/h14-18,26H,1,6-9H2,2-5H3/t14-,15-,16+,17-,18-,21-,22-/m1/s1. The highest BCUT2D eigenvalue weighted by Gasteiger charge is 2.76. The molecule has 0 aromatic heterocycles. The van der Waals surface area contributed by atoms with Crippen molar-refractivity contribution in [2.75, 3.05) is 20.3 Å². The summed E-state index contributed by atoms with van der Waals surface area (Å²) < 4.78 is 26.8. The van der Waals surface area contributed by atoms with Crippen LogP contribution in [0.4, 0.5) is 0 Å². The first-order valence-corrected chi connectivity index (χ1v) is 10.5. The van der Waals surface area contributed by atoms with Crippen molar-refractivity contribution in [3.05, 3.63) is 12.2 Å². The smallest absolute Gasteiger partial charge is 0.319 e. The molecule has 0 aromatic carbocycles. The second-order valence-corrected chi connectivity index (χ2v) is 8.78. The van der Waals surface area contributed by atoms with E-state index >= 15 is 0 Å². The molecule has 0 radical (unpaired) electrons. The largest absolute Gasteiger partial charge is 0.468 e. The van der Waals surface area contributed by atoms with Gasteiger partial charge in [-0.05, 0) is 17.9 Å². The van der Waals surface area contributed by atoms with Gasteiger partial charge in [0.05, 0.1) is 24.5 Å². The fraction of sp³-hybridized carbons (Fsp3) is 0.682. The van der Waals surface area contributed by atoms with Gasteiger partial charge in [0.1, 0.15) is 30.8 Å². The lowest BCUT2D eigenvalue weighted by atomic mass is 9.44. The molecule has 11 nitrogen and oxygen atoms in total. The van der Waals surface area contributed by atoms with Crippen LogP contribution in [0.1, 0.15) is 33.6 Å². The molecule has 0 unspecified atom stereocenters. The van der Waals surface area contributed by atoms with Gasteiger partial charge in [-0.2, -0.15) is 0 Å². The first kappa shape index (κ1) is 24.7. The molecule has 1 heterocycles. The van der Waals surface area contributed by atoms with Crippen molar-refractivity contribution in [1.29, 1.82) is 0 Å². The van der Waals surface area contributed by atoms with Crippen molar-refractivity contribution < 1.29 is 52.8 Å². The number of aliphatic hydroxyl groups is 1. The van der Waals surface area contributed by atoms with E-state index in [1.54, 1.807) is 0 Å². The van der Waals surface area contributed by atoms with E-state index in [0.717, 1.165) is 21.0 Å². The van der Waals surface area contributed by atoms with Gasteiger partial charge in [0.2, 0.25) is 0 Å². The average Bonchev–Trinajstić information content (AvgIpc) is 3.07. The van der Waals surface area contributed by atoms with Gasteiger partial charge in [-0.25, -0.2) is 0 Å². The fourth-order valence-electron chi connectivity index (χ4n) is 5.86. The van der Waals surface area contributed by atoms with Gasteiger partial charge in [-0.3, -0.25) is 24.0 Å². The fourth-order valence-corrected chi connectivity index (χ4v) is 5.86. The molecule has 1 saturated heterocycles. The Morgan fingerprint density at radius 2 is 1.67 bits per heavy atom. The third-order valence-corrected chi connectivity index (χ3v) is 7.06. The quantitative estimate of drug-likeness (QED) is 0.331. The summed E-state index contributed by atoms with van der Waals surface area (Å²) in [4.78, 5) is 61.9. The lowest BCUT2D eigenvalue weighted by Crippen LogP contribution is -2.70. The Bertz CT molecular complexity index is 895. The Hall–Kier alpha value is -2.95. The number of cyclic esters (lactones) is 1. The molecule has 3 rings (SSSR count). The summed E-state index contributed by atoms with van der Waals surface area (Å²) >= 11 is 0. The molecule has 0 aromatic rings. The molecule has 2 aliphatic carbocycles. The summed E-state index contributed by atoms with van der Waals surface area (Å²) in [6.07, 6.45) is -3.83. The molecule has 7 atom stereocenters. The van der Waals surface area contributed by atoms with E-state index in [2.05, 4.69) is 6.58 Å². The summed E-state index contributed by atoms with van der Waals surface area (Å²) in [5, 5.41) is 10.8. The van der Waals surface area contributed by atoms with Crippen LogP contribution in [0.3, 0.4) is 0 Å². The van der Waals surface area contributed by atoms with E-state index in [4.69, 9.17) is 23.7 Å². The van der Waals surface area contributed by atoms with Gasteiger partial charge in [-0.15, -0.1) is 0 Å². The van der Waals surface area contributed by atoms with E-state index in [-0.39, 0.29) is 25.0 Å². The second-order valence-electron chi connectivity index (χ2n) is 8.78. The predicted octanol–water partition coefficient (Wildman–Crippen LogP) is 0.0724. The number of ether oxygens (including phenoxy) is 5. The second kappa shape index (κ2) is 8.77. The summed E-state index contributed by atoms with van der Waals surface area (Å²) in [6, 6.07) is 0. The van der Waals surface area contributed by atoms with Crippen molar-refractivity contribution in [2.24, 2.45) is 22.7 Å². The SMILES string of the molecule is C=C1[C@@H]2C(=O)OC[C@@]23[C@@H](OC(C)=O)C[C@@H](OC(C)=O)[C@](COC(C)=O)(C(=O)OC)[C@@H]3C[C@H]1O. The molecule has 182 valence electrons. The molecule has 3 fully saturated rings. The molecule has 33 heavy (non-hydrogen) atoms. The molecule has 1 N–H and O–H groups in total. The number of hydrogen-bond donors (Lipinski definition) is 1. The van der Waals surface area contributed by atoms with Crippen LogP contribution in [0.15, 0.2) is 12.2 Å². The summed E-state index contributed by atoms with van der Waals surface area (Å²) in [5.74, 6) is -5.74. The summed E-state index contributed by atoms with van der Waals surface area (Å²) in [5.41, 5.74) is -2.97. The van der Waals surface area contributed by atoms with Gasteiger partial charge in [0.15, 0.2) is 0 Å². The molecule has 0 amide bonds. The summed E-state index contributed by atoms with van der Waals surface area (Å²) in [7, 11) is 1.12. The van der Waals surface area contributed by atoms with Crippen LogP contribution in [0.25, 0.3) is 0 Å². The maximum atomic E-state index is 13.4. The highest BCUT2D eigenvalue weighted by Crippen LogP contribution is 2.65. The summed E-state index contributed by atoms with van der Waals surface area (Å²) in [6.45, 7) is 6.55. The number of aliphatic hydroxyl groups excluding tert-OH is 1. The van der Waals surface area contributed by atoms with Crippen LogP contribution in [-0.2, 0) is 47.7 Å². The molecule has 0 bridgehead atoms. The highest BCUT2D eigenvalue weighted by molar-refractivity contribution is 5.84. The Morgan fingerprint density at radius 1 is 1.06 bits per heavy atom. The zero-order valence-electron chi connectivity index (χ0n) is 19.0. The van der Waals surface area contributed by atoms with E-state index < -0.39 is 77.4 Å². The maximum absolute atomic E-state index is 13.4. The van der Waals surface area contributed by atoms with Crippen molar-refractivity contribution in [3.8, 4) is 0 Å². The van der Waals surface area contributed by atoms with Gasteiger partial charge < -0.3 is 28.8 Å². The van der Waals surface area contributed by atoms with E-state index in [0.29, 0.717) is 0 Å². The van der Waals surface area contributed by atoms with Gasteiger partial charge in [0, 0.05) is 27.2 Å². The molecule has 3 aliphatic rings. The molecule has 2 saturated carbocycles. The Morgan fingerprint density at radius 3 is 2.21 bits per heavy atom. The zero-order chi connectivity index (χ0) is 24.7. The number of carbonyl (C=O) groups is 5. The predicted molar refractivity (Wildman–Crippen MR) is 107 cm³/mol. The van der Waals surface area contributed by atoms with E-state index in [1.165, 1.54) is 6.92 Å². The van der Waals surface area contributed by atoms with Crippen LogP contribution in [0.2, 0.25) is 0 Å². The first-order valence-electron chi connectivity index (χ1n) is 10.5. The maximum Gasteiger partial charge on any atom is 0.319 e. The lowest BCUT2D eigenvalue weighted by Gasteiger charge is -2.60. The van der Waals surface area contributed by atoms with Crippen LogP contribution in [0.5, 0.6) is 0 Å². The monoisotopic (exact) mass is 468 g/mol. The lowest BCUT2D eigenvalue weighted by molar-refractivity contribution is -0.240. The Labute approximate surface area is 190 Å². The molecular formula is C22H28O11. The topological polar surface area (TPSA) is 152 Å². The van der Waals surface area contributed by atoms with Crippen molar-refractivity contribution in [2.45, 2.75) is 51.9 Å². The third kappa shape index (κ3) is 3.77. The van der Waals surface area contributed by atoms with Crippen LogP contribution >= 0.6 is 0 Å². The molecule has 1 aliphatic heterocycles. The van der Waals surface area contributed by atoms with Crippen molar-refractivity contribution in [3.63, 3.8) is 0 Å². The highest BCUT2D eigenvalue weighted by atomic mass is 16.6. The molecule has 11 heteroatoms. The zero-order valence-corrected chi connectivity index (χ0v) is 19.0. The number of carbonyl (C=O) groups excluding carboxylic acids is 5. The van der Waals surface area contributed by atoms with Gasteiger partial charge in [0.25, 0.3) is 0 Å². The van der Waals surface area contributed by atoms with E-state index in [9.17, 15) is 29.1 Å². The van der Waals surface area contributed by atoms with Crippen LogP contribution in [-0.4, -0.2) is 73.6 Å². The Balaban J connectivity index is 2.30. The molecule has 1 spiro atoms. The number of methoxy groups -OCH3 is 1. The van der Waals surface area contributed by atoms with Crippen LogP contribution in [0, 0.1) is 22.7 Å². The third-order valence-electron chi connectivity index (χ3n) is 7.06. The molecular weight excluding hydrogens is 440 g/mol. The number of esters is 5. The van der Waals surface area contributed by atoms with Crippen molar-refractivity contribution >= 4 is 29.8 Å². The average molecular weight is 468 g/mol. The first-order chi connectivity index (χ1) is 15.4. The Kier molecular flexibility index (Phi) is 6.56. The normalized spacial score (nSPS) is 37.2.